The number of carbonyl (C=O) groups is 1. The van der Waals surface area contributed by atoms with Crippen LogP contribution in [0.2, 0.25) is 0 Å². The van der Waals surface area contributed by atoms with Gasteiger partial charge in [-0.1, -0.05) is 63.2 Å². The molecular formula is C21H26N4O3S. The van der Waals surface area contributed by atoms with Gasteiger partial charge in [-0.25, -0.2) is 4.98 Å². The van der Waals surface area contributed by atoms with E-state index in [1.54, 1.807) is 16.7 Å². The lowest BCUT2D eigenvalue weighted by molar-refractivity contribution is -0.113. The largest absolute Gasteiger partial charge is 0.338 e. The number of amides is 1. The molecule has 0 fully saturated rings. The van der Waals surface area contributed by atoms with Gasteiger partial charge in [-0.05, 0) is 18.6 Å². The molecule has 0 bridgehead atoms. The maximum Gasteiger partial charge on any atom is 0.262 e. The van der Waals surface area contributed by atoms with E-state index in [9.17, 15) is 9.59 Å². The number of aromatic nitrogens is 3. The molecule has 2 aromatic heterocycles. The first-order valence-electron chi connectivity index (χ1n) is 9.69. The number of unbranched alkanes of at least 4 members (excludes halogenated alkanes) is 1. The molecule has 0 saturated carbocycles. The number of carbonyl (C=O) groups excluding carboxylic acids is 1. The Morgan fingerprint density at radius 1 is 1.28 bits per heavy atom. The van der Waals surface area contributed by atoms with Crippen LogP contribution in [0.25, 0.3) is 10.9 Å². The van der Waals surface area contributed by atoms with E-state index in [2.05, 4.69) is 22.4 Å². The average Bonchev–Trinajstić information content (AvgIpc) is 3.15. The smallest absolute Gasteiger partial charge is 0.262 e. The SMILES string of the molecule is CCCCn1c(SCC(=O)Nc2cc(C(C)(C)C)no2)nc2ccccc2c1=O. The van der Waals surface area contributed by atoms with Gasteiger partial charge in [0.15, 0.2) is 5.16 Å². The lowest BCUT2D eigenvalue weighted by Gasteiger charge is -2.12. The van der Waals surface area contributed by atoms with Crippen LogP contribution in [0.3, 0.4) is 0 Å². The number of hydrogen-bond acceptors (Lipinski definition) is 6. The maximum absolute atomic E-state index is 12.9. The molecular weight excluding hydrogens is 388 g/mol. The number of fused-ring (bicyclic) bond motifs is 1. The normalized spacial score (nSPS) is 11.7. The zero-order valence-electron chi connectivity index (χ0n) is 17.2. The summed E-state index contributed by atoms with van der Waals surface area (Å²) in [6.45, 7) is 8.71. The number of rotatable bonds is 7. The Morgan fingerprint density at radius 2 is 2.03 bits per heavy atom. The summed E-state index contributed by atoms with van der Waals surface area (Å²) in [5, 5.41) is 7.85. The van der Waals surface area contributed by atoms with E-state index >= 15 is 0 Å². The highest BCUT2D eigenvalue weighted by Gasteiger charge is 2.20. The fourth-order valence-corrected chi connectivity index (χ4v) is 3.59. The van der Waals surface area contributed by atoms with Gasteiger partial charge in [0.1, 0.15) is 0 Å². The number of nitrogens with one attached hydrogen (secondary N) is 1. The predicted molar refractivity (Wildman–Crippen MR) is 115 cm³/mol. The molecule has 0 unspecified atom stereocenters. The molecule has 154 valence electrons. The van der Waals surface area contributed by atoms with Crippen LogP contribution < -0.4 is 10.9 Å². The number of hydrogen-bond donors (Lipinski definition) is 1. The lowest BCUT2D eigenvalue weighted by atomic mass is 9.92. The molecule has 29 heavy (non-hydrogen) atoms. The summed E-state index contributed by atoms with van der Waals surface area (Å²) in [6, 6.07) is 9.01. The number of benzene rings is 1. The molecule has 1 amide bonds. The fraction of sp³-hybridized carbons (Fsp3) is 0.429. The zero-order chi connectivity index (χ0) is 21.0. The van der Waals surface area contributed by atoms with E-state index in [1.165, 1.54) is 11.8 Å². The summed E-state index contributed by atoms with van der Waals surface area (Å²) in [7, 11) is 0. The second kappa shape index (κ2) is 8.82. The van der Waals surface area contributed by atoms with Gasteiger partial charge in [0.2, 0.25) is 11.8 Å². The minimum absolute atomic E-state index is 0.0722. The number of thioether (sulfide) groups is 1. The minimum Gasteiger partial charge on any atom is -0.338 e. The van der Waals surface area contributed by atoms with Crippen molar-refractivity contribution in [3.8, 4) is 0 Å². The molecule has 1 N–H and O–H groups in total. The van der Waals surface area contributed by atoms with E-state index in [4.69, 9.17) is 4.52 Å². The van der Waals surface area contributed by atoms with E-state index in [-0.39, 0.29) is 22.6 Å². The van der Waals surface area contributed by atoms with Crippen LogP contribution in [0.1, 0.15) is 46.2 Å². The molecule has 0 radical (unpaired) electrons. The van der Waals surface area contributed by atoms with Gasteiger partial charge in [0.05, 0.1) is 22.3 Å². The minimum atomic E-state index is -0.240. The molecule has 0 aliphatic heterocycles. The van der Waals surface area contributed by atoms with Crippen LogP contribution in [0.15, 0.2) is 44.8 Å². The van der Waals surface area contributed by atoms with Crippen molar-refractivity contribution in [3.63, 3.8) is 0 Å². The Morgan fingerprint density at radius 3 is 2.72 bits per heavy atom. The van der Waals surface area contributed by atoms with Crippen molar-refractivity contribution in [1.29, 1.82) is 0 Å². The van der Waals surface area contributed by atoms with Crippen molar-refractivity contribution in [2.75, 3.05) is 11.1 Å². The van der Waals surface area contributed by atoms with Gasteiger partial charge < -0.3 is 4.52 Å². The van der Waals surface area contributed by atoms with Crippen molar-refractivity contribution in [3.05, 3.63) is 46.4 Å². The molecule has 1 aromatic carbocycles. The third kappa shape index (κ3) is 5.06. The second-order valence-electron chi connectivity index (χ2n) is 7.89. The van der Waals surface area contributed by atoms with Crippen molar-refractivity contribution in [1.82, 2.24) is 14.7 Å². The summed E-state index contributed by atoms with van der Waals surface area (Å²) in [5.74, 6) is 0.189. The molecule has 0 atom stereocenters. The number of anilines is 1. The van der Waals surface area contributed by atoms with Crippen molar-refractivity contribution < 1.29 is 9.32 Å². The fourth-order valence-electron chi connectivity index (χ4n) is 2.76. The summed E-state index contributed by atoms with van der Waals surface area (Å²) in [5.41, 5.74) is 1.17. The lowest BCUT2D eigenvalue weighted by Crippen LogP contribution is -2.24. The molecule has 2 heterocycles. The Bertz CT molecular complexity index is 1070. The van der Waals surface area contributed by atoms with Crippen molar-refractivity contribution in [2.24, 2.45) is 0 Å². The van der Waals surface area contributed by atoms with E-state index in [0.717, 1.165) is 18.5 Å². The molecule has 3 aromatic rings. The number of para-hydroxylation sites is 1. The second-order valence-corrected chi connectivity index (χ2v) is 8.83. The predicted octanol–water partition coefficient (Wildman–Crippen LogP) is 4.21. The topological polar surface area (TPSA) is 90.0 Å². The van der Waals surface area contributed by atoms with Gasteiger partial charge in [0, 0.05) is 18.0 Å². The highest BCUT2D eigenvalue weighted by Crippen LogP contribution is 2.24. The van der Waals surface area contributed by atoms with Crippen molar-refractivity contribution >= 4 is 34.5 Å². The average molecular weight is 415 g/mol. The van der Waals surface area contributed by atoms with Gasteiger partial charge in [-0.2, -0.15) is 0 Å². The first-order chi connectivity index (χ1) is 13.8. The quantitative estimate of drug-likeness (QED) is 0.460. The van der Waals surface area contributed by atoms with Crippen LogP contribution >= 0.6 is 11.8 Å². The Hall–Kier alpha value is -2.61. The van der Waals surface area contributed by atoms with Gasteiger partial charge in [-0.3, -0.25) is 19.5 Å². The van der Waals surface area contributed by atoms with Crippen LogP contribution in [0.4, 0.5) is 5.88 Å². The van der Waals surface area contributed by atoms with Crippen LogP contribution in [-0.2, 0) is 16.8 Å². The standard InChI is InChI=1S/C21H26N4O3S/c1-5-6-11-25-19(27)14-9-7-8-10-15(14)22-20(25)29-13-17(26)23-18-12-16(24-28-18)21(2,3)4/h7-10,12H,5-6,11,13H2,1-4H3,(H,23,26). The van der Waals surface area contributed by atoms with E-state index in [1.807, 2.05) is 39.0 Å². The van der Waals surface area contributed by atoms with E-state index in [0.29, 0.717) is 28.5 Å². The molecule has 0 saturated heterocycles. The highest BCUT2D eigenvalue weighted by atomic mass is 32.2. The number of nitrogens with zero attached hydrogens (tertiary/aromatic N) is 3. The van der Waals surface area contributed by atoms with Crippen LogP contribution in [0.5, 0.6) is 0 Å². The first-order valence-corrected chi connectivity index (χ1v) is 10.7. The van der Waals surface area contributed by atoms with Crippen LogP contribution in [0, 0.1) is 0 Å². The molecule has 7 nitrogen and oxygen atoms in total. The third-order valence-corrected chi connectivity index (χ3v) is 5.41. The van der Waals surface area contributed by atoms with E-state index < -0.39 is 0 Å². The summed E-state index contributed by atoms with van der Waals surface area (Å²) >= 11 is 1.24. The Balaban J connectivity index is 1.76. The van der Waals surface area contributed by atoms with Gasteiger partial charge in [-0.15, -0.1) is 0 Å². The summed E-state index contributed by atoms with van der Waals surface area (Å²) in [4.78, 5) is 29.9. The molecule has 8 heteroatoms. The molecule has 3 rings (SSSR count). The highest BCUT2D eigenvalue weighted by molar-refractivity contribution is 7.99. The Kier molecular flexibility index (Phi) is 6.42. The first kappa shape index (κ1) is 21.1. The third-order valence-electron chi connectivity index (χ3n) is 4.44. The Labute approximate surface area is 173 Å². The zero-order valence-corrected chi connectivity index (χ0v) is 18.0. The molecule has 0 aliphatic carbocycles. The van der Waals surface area contributed by atoms with Gasteiger partial charge >= 0.3 is 0 Å². The molecule has 0 aliphatic rings. The molecule has 0 spiro atoms. The monoisotopic (exact) mass is 414 g/mol. The summed E-state index contributed by atoms with van der Waals surface area (Å²) < 4.78 is 6.87. The summed E-state index contributed by atoms with van der Waals surface area (Å²) in [6.07, 6.45) is 1.83. The maximum atomic E-state index is 12.9. The van der Waals surface area contributed by atoms with Crippen molar-refractivity contribution in [2.45, 2.75) is 57.7 Å². The van der Waals surface area contributed by atoms with Crippen LogP contribution in [-0.4, -0.2) is 26.4 Å². The van der Waals surface area contributed by atoms with Gasteiger partial charge in [0.25, 0.3) is 5.56 Å².